The van der Waals surface area contributed by atoms with Crippen molar-refractivity contribution in [1.82, 2.24) is 19.9 Å². The summed E-state index contributed by atoms with van der Waals surface area (Å²) in [6.45, 7) is 0.405. The van der Waals surface area contributed by atoms with E-state index in [2.05, 4.69) is 21.0 Å². The molecule has 0 radical (unpaired) electrons. The molecular formula is C25H21BrFN5O2. The second-order valence-corrected chi connectivity index (χ2v) is 8.86. The van der Waals surface area contributed by atoms with E-state index in [9.17, 15) is 9.18 Å². The molecule has 2 N–H and O–H groups in total. The monoisotopic (exact) mass is 521 g/mol. The molecule has 1 amide bonds. The fraction of sp³-hybridized carbons (Fsp3) is 0.160. The van der Waals surface area contributed by atoms with Gasteiger partial charge in [-0.1, -0.05) is 28.1 Å². The van der Waals surface area contributed by atoms with Gasteiger partial charge in [0.2, 0.25) is 0 Å². The molecular weight excluding hydrogens is 501 g/mol. The van der Waals surface area contributed by atoms with Crippen LogP contribution in [-0.4, -0.2) is 39.0 Å². The number of carbonyl (C=O) groups excluding carboxylic acids is 1. The second-order valence-electron chi connectivity index (χ2n) is 7.95. The summed E-state index contributed by atoms with van der Waals surface area (Å²) in [5.74, 6) is -0.466. The van der Waals surface area contributed by atoms with Gasteiger partial charge in [-0.05, 0) is 72.6 Å². The van der Waals surface area contributed by atoms with E-state index in [0.29, 0.717) is 35.6 Å². The zero-order valence-corrected chi connectivity index (χ0v) is 19.7. The summed E-state index contributed by atoms with van der Waals surface area (Å²) in [4.78, 5) is 15.9. The number of hydrogen-bond donors (Lipinski definition) is 1. The van der Waals surface area contributed by atoms with Crippen LogP contribution in [0.2, 0.25) is 0 Å². The molecule has 3 aromatic carbocycles. The smallest absolute Gasteiger partial charge is 0.251 e. The van der Waals surface area contributed by atoms with Gasteiger partial charge >= 0.3 is 0 Å². The van der Waals surface area contributed by atoms with E-state index in [1.54, 1.807) is 17.0 Å². The highest BCUT2D eigenvalue weighted by atomic mass is 79.9. The maximum atomic E-state index is 13.6. The van der Waals surface area contributed by atoms with Gasteiger partial charge in [0, 0.05) is 22.3 Å². The first kappa shape index (κ1) is 22.2. The van der Waals surface area contributed by atoms with Crippen molar-refractivity contribution in [1.29, 1.82) is 0 Å². The van der Waals surface area contributed by atoms with Crippen molar-refractivity contribution >= 4 is 27.5 Å². The van der Waals surface area contributed by atoms with Crippen molar-refractivity contribution in [2.24, 2.45) is 0 Å². The summed E-state index contributed by atoms with van der Waals surface area (Å²) in [6, 6.07) is 21.1. The van der Waals surface area contributed by atoms with E-state index >= 15 is 0 Å². The van der Waals surface area contributed by atoms with Crippen molar-refractivity contribution in [3.8, 4) is 16.9 Å². The maximum Gasteiger partial charge on any atom is 0.251 e. The number of amides is 1. The first-order valence-electron chi connectivity index (χ1n) is 10.7. The molecule has 172 valence electrons. The van der Waals surface area contributed by atoms with Crippen molar-refractivity contribution in [2.75, 3.05) is 18.9 Å². The van der Waals surface area contributed by atoms with E-state index in [-0.39, 0.29) is 18.3 Å². The van der Waals surface area contributed by atoms with E-state index in [4.69, 9.17) is 15.6 Å². The lowest BCUT2D eigenvalue weighted by molar-refractivity contribution is -0.128. The number of carbonyl (C=O) groups is 1. The Kier molecular flexibility index (Phi) is 6.12. The Bertz CT molecular complexity index is 1310. The molecule has 1 aromatic heterocycles. The molecule has 0 bridgehead atoms. The first-order valence-corrected chi connectivity index (χ1v) is 11.5. The number of benzene rings is 3. The van der Waals surface area contributed by atoms with Crippen molar-refractivity contribution in [2.45, 2.75) is 12.6 Å². The highest BCUT2D eigenvalue weighted by Crippen LogP contribution is 2.33. The molecule has 34 heavy (non-hydrogen) atoms. The molecule has 2 heterocycles. The summed E-state index contributed by atoms with van der Waals surface area (Å²) in [6.07, 6.45) is -0.0657. The van der Waals surface area contributed by atoms with Gasteiger partial charge in [-0.15, -0.1) is 10.2 Å². The molecule has 1 atom stereocenters. The van der Waals surface area contributed by atoms with Crippen LogP contribution in [0.5, 0.6) is 0 Å². The van der Waals surface area contributed by atoms with E-state index in [1.807, 2.05) is 48.5 Å². The first-order chi connectivity index (χ1) is 16.5. The number of nitrogens with two attached hydrogens (primary N) is 1. The Labute approximate surface area is 204 Å². The average molecular weight is 522 g/mol. The molecule has 5 rings (SSSR count). The third-order valence-corrected chi connectivity index (χ3v) is 6.17. The molecule has 1 aliphatic heterocycles. The highest BCUT2D eigenvalue weighted by Gasteiger charge is 2.37. The largest absolute Gasteiger partial charge is 0.399 e. The predicted molar refractivity (Wildman–Crippen MR) is 129 cm³/mol. The number of hydrogen-bond acceptors (Lipinski definition) is 5. The van der Waals surface area contributed by atoms with Gasteiger partial charge in [-0.2, -0.15) is 4.80 Å². The molecule has 9 heteroatoms. The zero-order chi connectivity index (χ0) is 23.7. The number of nitrogens with zero attached hydrogens (tertiary/aromatic N) is 4. The van der Waals surface area contributed by atoms with Gasteiger partial charge in [0.15, 0.2) is 6.23 Å². The standard InChI is InChI=1S/C25H21BrFN5O2/c26-18-5-11-21(12-6-18)32-29-23(17-3-7-19(27)8-4-17)24(30-32)25-31(22(33)15-34-25)14-13-16-1-9-20(28)10-2-16/h1-12,25H,13-15,28H2. The third-order valence-electron chi connectivity index (χ3n) is 5.64. The van der Waals surface area contributed by atoms with Crippen LogP contribution in [0.3, 0.4) is 0 Å². The van der Waals surface area contributed by atoms with E-state index in [0.717, 1.165) is 15.7 Å². The Morgan fingerprint density at radius 1 is 1.00 bits per heavy atom. The molecule has 7 nitrogen and oxygen atoms in total. The Hall–Kier alpha value is -3.56. The summed E-state index contributed by atoms with van der Waals surface area (Å²) in [7, 11) is 0. The van der Waals surface area contributed by atoms with E-state index < -0.39 is 6.23 Å². The number of nitrogen functional groups attached to an aromatic ring is 1. The van der Waals surface area contributed by atoms with Crippen LogP contribution < -0.4 is 5.73 Å². The van der Waals surface area contributed by atoms with Crippen LogP contribution in [0.4, 0.5) is 10.1 Å². The molecule has 4 aromatic rings. The third kappa shape index (κ3) is 4.57. The van der Waals surface area contributed by atoms with Crippen LogP contribution >= 0.6 is 15.9 Å². The summed E-state index contributed by atoms with van der Waals surface area (Å²) in [5.41, 5.74) is 9.98. The lowest BCUT2D eigenvalue weighted by atomic mass is 10.1. The Morgan fingerprint density at radius 2 is 1.71 bits per heavy atom. The van der Waals surface area contributed by atoms with Crippen molar-refractivity contribution in [3.05, 3.63) is 94.3 Å². The highest BCUT2D eigenvalue weighted by molar-refractivity contribution is 9.10. The molecule has 0 spiro atoms. The van der Waals surface area contributed by atoms with Gasteiger partial charge in [0.25, 0.3) is 5.91 Å². The van der Waals surface area contributed by atoms with Gasteiger partial charge in [0.1, 0.15) is 23.8 Å². The molecule has 1 unspecified atom stereocenters. The van der Waals surface area contributed by atoms with Crippen LogP contribution in [0.15, 0.2) is 77.3 Å². The number of rotatable bonds is 6. The Balaban J connectivity index is 1.50. The molecule has 1 aliphatic rings. The van der Waals surface area contributed by atoms with Gasteiger partial charge in [-0.3, -0.25) is 4.79 Å². The number of aromatic nitrogens is 3. The lowest BCUT2D eigenvalue weighted by Crippen LogP contribution is -2.31. The average Bonchev–Trinajstić information content (AvgIpc) is 3.43. The van der Waals surface area contributed by atoms with Crippen LogP contribution in [0, 0.1) is 5.82 Å². The maximum absolute atomic E-state index is 13.6. The SMILES string of the molecule is Nc1ccc(CCN2C(=O)COC2c2nn(-c3ccc(Br)cc3)nc2-c2ccc(F)cc2)cc1. The van der Waals surface area contributed by atoms with Gasteiger partial charge in [-0.25, -0.2) is 4.39 Å². The molecule has 1 saturated heterocycles. The summed E-state index contributed by atoms with van der Waals surface area (Å²) in [5, 5.41) is 9.38. The normalized spacial score (nSPS) is 15.8. The Morgan fingerprint density at radius 3 is 2.41 bits per heavy atom. The molecule has 0 aliphatic carbocycles. The molecule has 0 saturated carbocycles. The quantitative estimate of drug-likeness (QED) is 0.377. The number of halogens is 2. The van der Waals surface area contributed by atoms with Crippen molar-refractivity contribution < 1.29 is 13.9 Å². The minimum atomic E-state index is -0.703. The summed E-state index contributed by atoms with van der Waals surface area (Å²) >= 11 is 3.43. The van der Waals surface area contributed by atoms with Crippen LogP contribution in [0.1, 0.15) is 17.5 Å². The van der Waals surface area contributed by atoms with Gasteiger partial charge < -0.3 is 15.4 Å². The fourth-order valence-corrected chi connectivity index (χ4v) is 4.11. The zero-order valence-electron chi connectivity index (χ0n) is 18.1. The van der Waals surface area contributed by atoms with Crippen LogP contribution in [-0.2, 0) is 16.0 Å². The number of ether oxygens (including phenoxy) is 1. The van der Waals surface area contributed by atoms with E-state index in [1.165, 1.54) is 16.9 Å². The minimum absolute atomic E-state index is 0.0413. The fourth-order valence-electron chi connectivity index (χ4n) is 3.84. The number of anilines is 1. The topological polar surface area (TPSA) is 86.3 Å². The van der Waals surface area contributed by atoms with Gasteiger partial charge in [0.05, 0.1) is 5.69 Å². The second kappa shape index (κ2) is 9.36. The van der Waals surface area contributed by atoms with Crippen LogP contribution in [0.25, 0.3) is 16.9 Å². The lowest BCUT2D eigenvalue weighted by Gasteiger charge is -2.22. The molecule has 1 fully saturated rings. The minimum Gasteiger partial charge on any atom is -0.399 e. The summed E-state index contributed by atoms with van der Waals surface area (Å²) < 4.78 is 20.4. The predicted octanol–water partition coefficient (Wildman–Crippen LogP) is 4.52. The van der Waals surface area contributed by atoms with Crippen molar-refractivity contribution in [3.63, 3.8) is 0 Å².